The summed E-state index contributed by atoms with van der Waals surface area (Å²) in [4.78, 5) is 21.2. The van der Waals surface area contributed by atoms with Gasteiger partial charge in [0.05, 0.1) is 39.3 Å². The summed E-state index contributed by atoms with van der Waals surface area (Å²) < 4.78 is 2.54. The lowest BCUT2D eigenvalue weighted by molar-refractivity contribution is -0.878. The Morgan fingerprint density at radius 3 is 2.96 bits per heavy atom. The molecule has 1 unspecified atom stereocenters. The van der Waals surface area contributed by atoms with Crippen LogP contribution in [0, 0.1) is 5.92 Å². The molecule has 0 spiro atoms. The highest BCUT2D eigenvalue weighted by Gasteiger charge is 2.35. The van der Waals surface area contributed by atoms with E-state index >= 15 is 0 Å². The minimum Gasteiger partial charge on any atom is -0.328 e. The molecule has 3 aromatic rings. The second kappa shape index (κ2) is 5.93. The predicted octanol–water partition coefficient (Wildman–Crippen LogP) is 2.15. The summed E-state index contributed by atoms with van der Waals surface area (Å²) in [6.45, 7) is 1.95. The van der Waals surface area contributed by atoms with Crippen LogP contribution in [0.25, 0.3) is 5.65 Å². The molecule has 128 valence electrons. The Hall–Kier alpha value is -2.80. The van der Waals surface area contributed by atoms with Gasteiger partial charge < -0.3 is 9.80 Å². The molecule has 1 saturated heterocycles. The highest BCUT2D eigenvalue weighted by molar-refractivity contribution is 5.98. The molecule has 0 bridgehead atoms. The number of hydrogen-bond donors (Lipinski definition) is 1. The van der Waals surface area contributed by atoms with E-state index in [4.69, 9.17) is 0 Å². The molecule has 2 aromatic heterocycles. The third-order valence-corrected chi connectivity index (χ3v) is 4.76. The maximum absolute atomic E-state index is 12.8. The van der Waals surface area contributed by atoms with Crippen LogP contribution in [0.4, 0.5) is 11.6 Å². The van der Waals surface area contributed by atoms with Crippen LogP contribution in [0.1, 0.15) is 16.8 Å². The molecular weight excluding hydrogens is 316 g/mol. The quantitative estimate of drug-likeness (QED) is 0.583. The lowest BCUT2D eigenvalue weighted by Crippen LogP contribution is -2.37. The molecule has 1 atom stereocenters. The van der Waals surface area contributed by atoms with Gasteiger partial charge in [-0.2, -0.15) is 9.61 Å². The van der Waals surface area contributed by atoms with E-state index < -0.39 is 0 Å². The Kier molecular flexibility index (Phi) is 3.73. The number of carbonyl (C=O) groups excluding carboxylic acids is 1. The van der Waals surface area contributed by atoms with Crippen LogP contribution in [0.3, 0.4) is 0 Å². The Morgan fingerprint density at radius 2 is 2.16 bits per heavy atom. The van der Waals surface area contributed by atoms with Crippen LogP contribution in [0.15, 0.2) is 42.9 Å². The van der Waals surface area contributed by atoms with E-state index in [1.54, 1.807) is 10.7 Å². The number of anilines is 2. The van der Waals surface area contributed by atoms with Crippen LogP contribution in [-0.4, -0.2) is 57.0 Å². The van der Waals surface area contributed by atoms with E-state index in [1.807, 2.05) is 30.3 Å². The van der Waals surface area contributed by atoms with Crippen LogP contribution < -0.4 is 5.32 Å². The largest absolute Gasteiger partial charge is 0.328 e. The molecule has 1 fully saturated rings. The van der Waals surface area contributed by atoms with Crippen molar-refractivity contribution < 1.29 is 9.28 Å². The topological polar surface area (TPSA) is 72.2 Å². The molecule has 4 rings (SSSR count). The average molecular weight is 337 g/mol. The second-order valence-corrected chi connectivity index (χ2v) is 7.20. The fraction of sp³-hybridized carbons (Fsp3) is 0.333. The zero-order valence-electron chi connectivity index (χ0n) is 14.4. The van der Waals surface area contributed by atoms with Gasteiger partial charge in [-0.25, -0.2) is 9.97 Å². The van der Waals surface area contributed by atoms with Gasteiger partial charge in [0.2, 0.25) is 5.95 Å². The summed E-state index contributed by atoms with van der Waals surface area (Å²) in [5, 5.41) is 7.44. The zero-order valence-corrected chi connectivity index (χ0v) is 14.4. The average Bonchev–Trinajstić information content (AvgIpc) is 3.21. The monoisotopic (exact) mass is 337 g/mol. The smallest absolute Gasteiger partial charge is 0.231 e. The Bertz CT molecular complexity index is 932. The summed E-state index contributed by atoms with van der Waals surface area (Å²) in [7, 11) is 4.35. The van der Waals surface area contributed by atoms with Crippen molar-refractivity contribution in [3.63, 3.8) is 0 Å². The number of benzene rings is 1. The second-order valence-electron chi connectivity index (χ2n) is 7.20. The number of Topliss-reactive ketones (excluding diaryl/α,β-unsaturated/α-hetero) is 1. The van der Waals surface area contributed by atoms with Gasteiger partial charge in [0.25, 0.3) is 0 Å². The maximum atomic E-state index is 12.8. The minimum atomic E-state index is 0.0992. The summed E-state index contributed by atoms with van der Waals surface area (Å²) in [6, 6.07) is 9.40. The number of likely N-dealkylation sites (tertiary alicyclic amines) is 1. The molecular formula is C18H21N6O+. The van der Waals surface area contributed by atoms with Gasteiger partial charge in [-0.3, -0.25) is 4.79 Å². The number of hydrogen-bond acceptors (Lipinski definition) is 5. The fourth-order valence-corrected chi connectivity index (χ4v) is 3.45. The van der Waals surface area contributed by atoms with E-state index in [-0.39, 0.29) is 11.7 Å². The lowest BCUT2D eigenvalue weighted by Gasteiger charge is -2.23. The van der Waals surface area contributed by atoms with E-state index in [0.717, 1.165) is 40.9 Å². The first-order valence-corrected chi connectivity index (χ1v) is 8.40. The number of nitrogens with zero attached hydrogens (tertiary/aromatic N) is 5. The number of rotatable bonds is 4. The van der Waals surface area contributed by atoms with E-state index in [9.17, 15) is 4.79 Å². The molecule has 3 heterocycles. The molecule has 7 heteroatoms. The van der Waals surface area contributed by atoms with Gasteiger partial charge in [0, 0.05) is 23.7 Å². The minimum absolute atomic E-state index is 0.0992. The standard InChI is InChI=1S/C18H21N6O/c1-24(2)9-7-14(11-24)17(25)13-4-3-5-15(10-13)22-18-20-12-19-16-6-8-21-23(16)18/h3-6,8,10,12,14H,7,9,11H2,1-2H3,(H,19,20,22)/q+1. The van der Waals surface area contributed by atoms with E-state index in [0.29, 0.717) is 5.95 Å². The Balaban J connectivity index is 1.57. The molecule has 7 nitrogen and oxygen atoms in total. The highest BCUT2D eigenvalue weighted by atomic mass is 16.1. The van der Waals surface area contributed by atoms with Gasteiger partial charge in [-0.15, -0.1) is 0 Å². The first-order valence-electron chi connectivity index (χ1n) is 8.40. The van der Waals surface area contributed by atoms with Crippen LogP contribution in [0.2, 0.25) is 0 Å². The number of aromatic nitrogens is 4. The van der Waals surface area contributed by atoms with Crippen LogP contribution in [0.5, 0.6) is 0 Å². The fourth-order valence-electron chi connectivity index (χ4n) is 3.45. The summed E-state index contributed by atoms with van der Waals surface area (Å²) in [5.74, 6) is 0.889. The SMILES string of the molecule is C[N+]1(C)CCC(C(=O)c2cccc(Nc3ncnc4ccnn34)c2)C1. The number of nitrogens with one attached hydrogen (secondary N) is 1. The third-order valence-electron chi connectivity index (χ3n) is 4.76. The van der Waals surface area contributed by atoms with Crippen molar-refractivity contribution in [2.45, 2.75) is 6.42 Å². The summed E-state index contributed by atoms with van der Waals surface area (Å²) in [5.41, 5.74) is 2.27. The zero-order chi connectivity index (χ0) is 17.4. The van der Waals surface area contributed by atoms with Crippen molar-refractivity contribution >= 4 is 23.1 Å². The molecule has 0 aliphatic carbocycles. The summed E-state index contributed by atoms with van der Waals surface area (Å²) in [6.07, 6.45) is 4.12. The van der Waals surface area contributed by atoms with E-state index in [1.165, 1.54) is 6.33 Å². The van der Waals surface area contributed by atoms with Gasteiger partial charge in [-0.1, -0.05) is 12.1 Å². The molecule has 0 radical (unpaired) electrons. The maximum Gasteiger partial charge on any atom is 0.231 e. The molecule has 1 aromatic carbocycles. The Labute approximate surface area is 145 Å². The van der Waals surface area contributed by atoms with Crippen molar-refractivity contribution in [1.29, 1.82) is 0 Å². The van der Waals surface area contributed by atoms with Gasteiger partial charge in [0.15, 0.2) is 11.4 Å². The lowest BCUT2D eigenvalue weighted by atomic mass is 9.96. The van der Waals surface area contributed by atoms with Crippen molar-refractivity contribution in [3.05, 3.63) is 48.4 Å². The van der Waals surface area contributed by atoms with Crippen LogP contribution in [-0.2, 0) is 0 Å². The molecule has 1 aliphatic rings. The molecule has 0 amide bonds. The number of fused-ring (bicyclic) bond motifs is 1. The van der Waals surface area contributed by atoms with Gasteiger partial charge >= 0.3 is 0 Å². The first kappa shape index (κ1) is 15.7. The van der Waals surface area contributed by atoms with Crippen molar-refractivity contribution in [1.82, 2.24) is 19.6 Å². The summed E-state index contributed by atoms with van der Waals surface area (Å²) >= 11 is 0. The van der Waals surface area contributed by atoms with Crippen LogP contribution >= 0.6 is 0 Å². The normalized spacial score (nSPS) is 19.2. The first-order chi connectivity index (χ1) is 12.0. The van der Waals surface area contributed by atoms with Crippen molar-refractivity contribution in [2.75, 3.05) is 32.5 Å². The van der Waals surface area contributed by atoms with Gasteiger partial charge in [-0.05, 0) is 12.1 Å². The van der Waals surface area contributed by atoms with Crippen molar-refractivity contribution in [3.8, 4) is 0 Å². The van der Waals surface area contributed by atoms with Gasteiger partial charge in [0.1, 0.15) is 6.33 Å². The number of quaternary nitrogens is 1. The van der Waals surface area contributed by atoms with Crippen molar-refractivity contribution in [2.24, 2.45) is 5.92 Å². The van der Waals surface area contributed by atoms with E-state index in [2.05, 4.69) is 34.5 Å². The predicted molar refractivity (Wildman–Crippen MR) is 94.8 cm³/mol. The molecule has 0 saturated carbocycles. The highest BCUT2D eigenvalue weighted by Crippen LogP contribution is 2.25. The molecule has 25 heavy (non-hydrogen) atoms. The number of carbonyl (C=O) groups is 1. The third kappa shape index (κ3) is 3.10. The molecule has 1 N–H and O–H groups in total. The Morgan fingerprint density at radius 1 is 1.28 bits per heavy atom. The number of ketones is 1. The molecule has 1 aliphatic heterocycles.